The van der Waals surface area contributed by atoms with Gasteiger partial charge >= 0.3 is 0 Å². The van der Waals surface area contributed by atoms with Crippen molar-refractivity contribution in [2.45, 2.75) is 64.5 Å². The lowest BCUT2D eigenvalue weighted by Crippen LogP contribution is -2.23. The van der Waals surface area contributed by atoms with E-state index in [2.05, 4.69) is 20.6 Å². The van der Waals surface area contributed by atoms with Crippen molar-refractivity contribution in [3.63, 3.8) is 0 Å². The second-order valence-electron chi connectivity index (χ2n) is 5.95. The molecule has 21 heavy (non-hydrogen) atoms. The van der Waals surface area contributed by atoms with Crippen LogP contribution in [0.15, 0.2) is 6.20 Å². The van der Waals surface area contributed by atoms with Crippen LogP contribution in [0.3, 0.4) is 0 Å². The van der Waals surface area contributed by atoms with Crippen LogP contribution in [0.4, 0.5) is 11.8 Å². The highest BCUT2D eigenvalue weighted by Crippen LogP contribution is 2.21. The second kappa shape index (κ2) is 7.24. The lowest BCUT2D eigenvalue weighted by molar-refractivity contribution is 0.100. The molecule has 0 unspecified atom stereocenters. The van der Waals surface area contributed by atoms with Crippen LogP contribution < -0.4 is 16.4 Å². The van der Waals surface area contributed by atoms with Crippen LogP contribution in [-0.4, -0.2) is 28.0 Å². The Labute approximate surface area is 125 Å². The maximum absolute atomic E-state index is 11.4. The van der Waals surface area contributed by atoms with Crippen LogP contribution in [-0.2, 0) is 0 Å². The minimum Gasteiger partial charge on any atom is -0.367 e. The monoisotopic (exact) mass is 291 g/mol. The molecule has 0 aromatic carbocycles. The molecule has 116 valence electrons. The molecule has 0 saturated heterocycles. The maximum atomic E-state index is 11.4. The molecule has 0 spiro atoms. The molecule has 1 aromatic heterocycles. The van der Waals surface area contributed by atoms with Crippen LogP contribution in [0.5, 0.6) is 0 Å². The van der Waals surface area contributed by atoms with Gasteiger partial charge in [0.15, 0.2) is 0 Å². The van der Waals surface area contributed by atoms with E-state index in [4.69, 9.17) is 5.73 Å². The third-order valence-corrected chi connectivity index (χ3v) is 3.67. The molecule has 4 N–H and O–H groups in total. The van der Waals surface area contributed by atoms with Gasteiger partial charge in [0.2, 0.25) is 5.95 Å². The minimum atomic E-state index is -0.515. The Bertz CT molecular complexity index is 481. The first-order valence-electron chi connectivity index (χ1n) is 7.76. The largest absolute Gasteiger partial charge is 0.367 e. The highest BCUT2D eigenvalue weighted by molar-refractivity contribution is 5.97. The van der Waals surface area contributed by atoms with E-state index >= 15 is 0 Å². The van der Waals surface area contributed by atoms with Gasteiger partial charge in [-0.3, -0.25) is 4.79 Å². The minimum absolute atomic E-state index is 0.170. The number of aromatic nitrogens is 2. The van der Waals surface area contributed by atoms with E-state index < -0.39 is 5.91 Å². The fourth-order valence-corrected chi connectivity index (χ4v) is 2.62. The summed E-state index contributed by atoms with van der Waals surface area (Å²) in [6, 6.07) is 0.586. The van der Waals surface area contributed by atoms with Gasteiger partial charge < -0.3 is 16.4 Å². The normalized spacial score (nSPS) is 16.5. The molecule has 0 radical (unpaired) electrons. The topological polar surface area (TPSA) is 92.9 Å². The van der Waals surface area contributed by atoms with Gasteiger partial charge in [0.05, 0.1) is 5.56 Å². The van der Waals surface area contributed by atoms with Crippen molar-refractivity contribution >= 4 is 17.7 Å². The number of amides is 1. The Hall–Kier alpha value is -1.85. The SMILES string of the molecule is CC(C)Nc1nc(NC2CCCCCC2)ncc1C(N)=O. The number of nitrogens with one attached hydrogen (secondary N) is 2. The molecule has 0 bridgehead atoms. The first-order valence-corrected chi connectivity index (χ1v) is 7.76. The maximum Gasteiger partial charge on any atom is 0.254 e. The number of rotatable bonds is 5. The molecule has 1 amide bonds. The smallest absolute Gasteiger partial charge is 0.254 e. The third-order valence-electron chi connectivity index (χ3n) is 3.67. The van der Waals surface area contributed by atoms with Crippen molar-refractivity contribution in [2.24, 2.45) is 5.73 Å². The Morgan fingerprint density at radius 2 is 1.95 bits per heavy atom. The fraction of sp³-hybridized carbons (Fsp3) is 0.667. The molecule has 6 nitrogen and oxygen atoms in total. The summed E-state index contributed by atoms with van der Waals surface area (Å²) >= 11 is 0. The van der Waals surface area contributed by atoms with E-state index in [9.17, 15) is 4.79 Å². The number of carbonyl (C=O) groups excluding carboxylic acids is 1. The van der Waals surface area contributed by atoms with Crippen molar-refractivity contribution in [1.82, 2.24) is 9.97 Å². The fourth-order valence-electron chi connectivity index (χ4n) is 2.62. The zero-order valence-corrected chi connectivity index (χ0v) is 12.9. The first-order chi connectivity index (χ1) is 10.1. The molecule has 1 heterocycles. The van der Waals surface area contributed by atoms with Crippen LogP contribution in [0, 0.1) is 0 Å². The average molecular weight is 291 g/mol. The van der Waals surface area contributed by atoms with Crippen molar-refractivity contribution in [2.75, 3.05) is 10.6 Å². The number of hydrogen-bond donors (Lipinski definition) is 3. The number of carbonyl (C=O) groups is 1. The Morgan fingerprint density at radius 1 is 1.29 bits per heavy atom. The molecule has 1 saturated carbocycles. The van der Waals surface area contributed by atoms with Gasteiger partial charge in [0.1, 0.15) is 5.82 Å². The molecule has 2 rings (SSSR count). The molecule has 1 aliphatic carbocycles. The molecule has 0 aliphatic heterocycles. The van der Waals surface area contributed by atoms with E-state index in [1.165, 1.54) is 31.9 Å². The summed E-state index contributed by atoms with van der Waals surface area (Å²) in [5.41, 5.74) is 5.69. The number of hydrogen-bond acceptors (Lipinski definition) is 5. The molecule has 1 aromatic rings. The van der Waals surface area contributed by atoms with Gasteiger partial charge in [-0.25, -0.2) is 4.98 Å². The van der Waals surface area contributed by atoms with Crippen molar-refractivity contribution in [3.8, 4) is 0 Å². The summed E-state index contributed by atoms with van der Waals surface area (Å²) in [7, 11) is 0. The number of nitrogens with two attached hydrogens (primary N) is 1. The zero-order valence-electron chi connectivity index (χ0n) is 12.9. The standard InChI is InChI=1S/C15H25N5O/c1-10(2)18-14-12(13(16)21)9-17-15(20-14)19-11-7-5-3-4-6-8-11/h9-11H,3-8H2,1-2H3,(H2,16,21)(H2,17,18,19,20). The quantitative estimate of drug-likeness (QED) is 0.725. The Balaban J connectivity index is 2.14. The van der Waals surface area contributed by atoms with Crippen LogP contribution >= 0.6 is 0 Å². The van der Waals surface area contributed by atoms with E-state index in [-0.39, 0.29) is 6.04 Å². The lowest BCUT2D eigenvalue weighted by atomic mass is 10.1. The van der Waals surface area contributed by atoms with Crippen LogP contribution in [0.1, 0.15) is 62.7 Å². The summed E-state index contributed by atoms with van der Waals surface area (Å²) in [6.07, 6.45) is 8.89. The molecule has 6 heteroatoms. The lowest BCUT2D eigenvalue weighted by Gasteiger charge is -2.18. The number of primary amides is 1. The van der Waals surface area contributed by atoms with Gasteiger partial charge in [-0.2, -0.15) is 4.98 Å². The van der Waals surface area contributed by atoms with E-state index in [0.29, 0.717) is 23.4 Å². The summed E-state index contributed by atoms with van der Waals surface area (Å²) in [6.45, 7) is 3.98. The summed E-state index contributed by atoms with van der Waals surface area (Å²) in [4.78, 5) is 20.1. The summed E-state index contributed by atoms with van der Waals surface area (Å²) in [5, 5.41) is 6.54. The van der Waals surface area contributed by atoms with E-state index in [0.717, 1.165) is 12.8 Å². The summed E-state index contributed by atoms with van der Waals surface area (Å²) < 4.78 is 0. The predicted molar refractivity (Wildman–Crippen MR) is 84.4 cm³/mol. The summed E-state index contributed by atoms with van der Waals surface area (Å²) in [5.74, 6) is 0.554. The van der Waals surface area contributed by atoms with Crippen molar-refractivity contribution < 1.29 is 4.79 Å². The van der Waals surface area contributed by atoms with E-state index in [1.54, 1.807) is 0 Å². The van der Waals surface area contributed by atoms with Crippen molar-refractivity contribution in [1.29, 1.82) is 0 Å². The van der Waals surface area contributed by atoms with Gasteiger partial charge in [-0.15, -0.1) is 0 Å². The Morgan fingerprint density at radius 3 is 2.52 bits per heavy atom. The molecule has 1 aliphatic rings. The highest BCUT2D eigenvalue weighted by atomic mass is 16.1. The van der Waals surface area contributed by atoms with Gasteiger partial charge in [0.25, 0.3) is 5.91 Å². The predicted octanol–water partition coefficient (Wildman–Crippen LogP) is 2.53. The van der Waals surface area contributed by atoms with E-state index in [1.807, 2.05) is 13.8 Å². The molecular formula is C15H25N5O. The highest BCUT2D eigenvalue weighted by Gasteiger charge is 2.16. The third kappa shape index (κ3) is 4.58. The number of anilines is 2. The van der Waals surface area contributed by atoms with Gasteiger partial charge in [-0.05, 0) is 26.7 Å². The first kappa shape index (κ1) is 15.5. The van der Waals surface area contributed by atoms with Gasteiger partial charge in [-0.1, -0.05) is 25.7 Å². The number of nitrogens with zero attached hydrogens (tertiary/aromatic N) is 2. The molecule has 0 atom stereocenters. The van der Waals surface area contributed by atoms with Gasteiger partial charge in [0, 0.05) is 18.3 Å². The zero-order chi connectivity index (χ0) is 15.2. The molecular weight excluding hydrogens is 266 g/mol. The van der Waals surface area contributed by atoms with Crippen LogP contribution in [0.2, 0.25) is 0 Å². The van der Waals surface area contributed by atoms with Crippen molar-refractivity contribution in [3.05, 3.63) is 11.8 Å². The van der Waals surface area contributed by atoms with Crippen LogP contribution in [0.25, 0.3) is 0 Å². The average Bonchev–Trinajstić information content (AvgIpc) is 2.66. The molecule has 1 fully saturated rings. The second-order valence-corrected chi connectivity index (χ2v) is 5.95. The Kier molecular flexibility index (Phi) is 5.36.